The first-order valence-corrected chi connectivity index (χ1v) is 18.6. The van der Waals surface area contributed by atoms with Crippen LogP contribution in [0.4, 0.5) is 28.8 Å². The highest BCUT2D eigenvalue weighted by molar-refractivity contribution is 7.71. The van der Waals surface area contributed by atoms with Crippen LogP contribution in [0.3, 0.4) is 0 Å². The molecule has 0 unspecified atom stereocenters. The Morgan fingerprint density at radius 3 is 2.40 bits per heavy atom. The number of benzene rings is 2. The summed E-state index contributed by atoms with van der Waals surface area (Å²) in [7, 11) is 0.843. The summed E-state index contributed by atoms with van der Waals surface area (Å²) in [6, 6.07) is 8.80. The van der Waals surface area contributed by atoms with Crippen LogP contribution in [0.25, 0.3) is 11.0 Å². The number of carbonyl (C=O) groups is 1. The van der Waals surface area contributed by atoms with E-state index < -0.39 is 7.14 Å². The Kier molecular flexibility index (Phi) is 9.09. The van der Waals surface area contributed by atoms with E-state index in [0.29, 0.717) is 51.6 Å². The molecule has 12 nitrogen and oxygen atoms in total. The van der Waals surface area contributed by atoms with Crippen LogP contribution in [-0.4, -0.2) is 101 Å². The third-order valence-corrected chi connectivity index (χ3v) is 10.9. The van der Waals surface area contributed by atoms with E-state index in [1.807, 2.05) is 31.0 Å². The molecule has 2 aromatic heterocycles. The number of nitrogens with zero attached hydrogens (tertiary/aromatic N) is 7. The second kappa shape index (κ2) is 13.1. The molecule has 0 aliphatic carbocycles. The minimum absolute atomic E-state index is 0.134. The fourth-order valence-electron chi connectivity index (χ4n) is 6.59. The maximum absolute atomic E-state index is 13.4. The van der Waals surface area contributed by atoms with Crippen LogP contribution in [0.2, 0.25) is 0 Å². The number of fused-ring (bicyclic) bond motifs is 1. The lowest BCUT2D eigenvalue weighted by molar-refractivity contribution is -0.133. The van der Waals surface area contributed by atoms with Crippen molar-refractivity contribution in [2.75, 3.05) is 69.2 Å². The number of aryl methyl sites for hydroxylation is 2. The zero-order valence-corrected chi connectivity index (χ0v) is 29.1. The molecule has 2 aliphatic heterocycles. The van der Waals surface area contributed by atoms with Gasteiger partial charge in [-0.2, -0.15) is 4.98 Å². The molecule has 0 bridgehead atoms. The van der Waals surface area contributed by atoms with Crippen molar-refractivity contribution in [1.29, 1.82) is 0 Å². The summed E-state index contributed by atoms with van der Waals surface area (Å²) in [6.07, 6.45) is 7.18. The van der Waals surface area contributed by atoms with Gasteiger partial charge in [0.15, 0.2) is 0 Å². The maximum Gasteiger partial charge on any atom is 0.229 e. The van der Waals surface area contributed by atoms with Crippen LogP contribution in [-0.2, 0) is 9.36 Å². The number of likely N-dealkylation sites (N-methyl/N-ethyl adjacent to an activating group) is 1. The molecule has 0 radical (unpaired) electrons. The molecule has 248 valence electrons. The van der Waals surface area contributed by atoms with E-state index in [2.05, 4.69) is 54.4 Å². The first-order chi connectivity index (χ1) is 22.4. The highest BCUT2D eigenvalue weighted by Crippen LogP contribution is 2.41. The number of rotatable bonds is 9. The number of nitrogens with one attached hydrogen (secondary N) is 2. The van der Waals surface area contributed by atoms with E-state index in [0.717, 1.165) is 61.5 Å². The van der Waals surface area contributed by atoms with Gasteiger partial charge in [-0.15, -0.1) is 0 Å². The largest absolute Gasteiger partial charge is 0.494 e. The summed E-state index contributed by atoms with van der Waals surface area (Å²) in [5.74, 6) is 1.84. The van der Waals surface area contributed by atoms with Gasteiger partial charge in [-0.05, 0) is 63.8 Å². The second-order valence-electron chi connectivity index (χ2n) is 13.0. The Bertz CT molecular complexity index is 1850. The predicted molar refractivity (Wildman–Crippen MR) is 189 cm³/mol. The summed E-state index contributed by atoms with van der Waals surface area (Å²) in [5, 5.41) is 7.40. The van der Waals surface area contributed by atoms with Crippen molar-refractivity contribution >= 4 is 58.2 Å². The zero-order chi connectivity index (χ0) is 33.5. The van der Waals surface area contributed by atoms with Gasteiger partial charge in [-0.3, -0.25) is 19.7 Å². The molecular weight excluding hydrogens is 613 g/mol. The third kappa shape index (κ3) is 6.75. The van der Waals surface area contributed by atoms with Crippen LogP contribution in [0.15, 0.2) is 42.9 Å². The van der Waals surface area contributed by atoms with E-state index in [9.17, 15) is 9.36 Å². The van der Waals surface area contributed by atoms with Gasteiger partial charge in [0.2, 0.25) is 11.9 Å². The summed E-state index contributed by atoms with van der Waals surface area (Å²) in [5.41, 5.74) is 5.89. The molecule has 1 amide bonds. The van der Waals surface area contributed by atoms with Gasteiger partial charge in [0.25, 0.3) is 0 Å². The SMILES string of the molecule is COc1cc(N2CCC(N3CC(N(C)C(C)=O)C3)CC2)c(C)cc1Nc1ncc(C)c(Nc2ccc3nccnc3c2P(C)(C)=O)n1. The van der Waals surface area contributed by atoms with E-state index >= 15 is 0 Å². The van der Waals surface area contributed by atoms with E-state index in [1.54, 1.807) is 46.0 Å². The van der Waals surface area contributed by atoms with Crippen molar-refractivity contribution in [1.82, 2.24) is 29.7 Å². The molecule has 4 heterocycles. The fraction of sp³-hybridized carbons (Fsp3) is 0.441. The van der Waals surface area contributed by atoms with Gasteiger partial charge in [0.05, 0.1) is 35.3 Å². The molecule has 2 aromatic carbocycles. The molecule has 6 rings (SSSR count). The lowest BCUT2D eigenvalue weighted by Crippen LogP contribution is -2.63. The minimum Gasteiger partial charge on any atom is -0.494 e. The highest BCUT2D eigenvalue weighted by Gasteiger charge is 2.37. The fourth-order valence-corrected chi connectivity index (χ4v) is 7.98. The lowest BCUT2D eigenvalue weighted by Gasteiger charge is -2.50. The van der Waals surface area contributed by atoms with Crippen molar-refractivity contribution in [3.05, 3.63) is 54.0 Å². The number of methoxy groups -OCH3 is 1. The van der Waals surface area contributed by atoms with Crippen LogP contribution >= 0.6 is 7.14 Å². The summed E-state index contributed by atoms with van der Waals surface area (Å²) in [6.45, 7) is 13.0. The summed E-state index contributed by atoms with van der Waals surface area (Å²) < 4.78 is 19.3. The molecule has 2 saturated heterocycles. The standard InChI is InChI=1S/C34H44N9O3P/c1-21-16-28(30(46-5)17-29(21)42-14-10-24(11-15-42)43-19-25(20-43)41(4)23(3)44)39-34-37-18-22(2)33(40-34)38-27-9-8-26-31(36-13-12-35-26)32(27)47(6,7)45/h8-9,12-13,16-18,24-25H,10-11,14-15,19-20H2,1-7H3,(H2,37,38,39,40). The van der Waals surface area contributed by atoms with E-state index in [1.165, 1.54) is 0 Å². The Labute approximate surface area is 276 Å². The Morgan fingerprint density at radius 1 is 1.00 bits per heavy atom. The summed E-state index contributed by atoms with van der Waals surface area (Å²) in [4.78, 5) is 36.8. The van der Waals surface area contributed by atoms with Crippen molar-refractivity contribution in [2.24, 2.45) is 0 Å². The number of aromatic nitrogens is 4. The number of amides is 1. The van der Waals surface area contributed by atoms with Crippen LogP contribution in [0.5, 0.6) is 5.75 Å². The average Bonchev–Trinajstić information content (AvgIpc) is 3.01. The van der Waals surface area contributed by atoms with Gasteiger partial charge in [-0.1, -0.05) is 0 Å². The van der Waals surface area contributed by atoms with Crippen molar-refractivity contribution in [2.45, 2.75) is 45.7 Å². The van der Waals surface area contributed by atoms with Crippen LogP contribution in [0, 0.1) is 13.8 Å². The van der Waals surface area contributed by atoms with Crippen molar-refractivity contribution in [3.8, 4) is 5.75 Å². The third-order valence-electron chi connectivity index (χ3n) is 9.40. The van der Waals surface area contributed by atoms with Gasteiger partial charge >= 0.3 is 0 Å². The molecule has 2 fully saturated rings. The monoisotopic (exact) mass is 657 g/mol. The average molecular weight is 658 g/mol. The second-order valence-corrected chi connectivity index (χ2v) is 16.2. The number of ether oxygens (including phenoxy) is 1. The molecule has 47 heavy (non-hydrogen) atoms. The summed E-state index contributed by atoms with van der Waals surface area (Å²) >= 11 is 0. The maximum atomic E-state index is 13.4. The van der Waals surface area contributed by atoms with Crippen LogP contribution < -0.4 is 25.6 Å². The van der Waals surface area contributed by atoms with Gasteiger partial charge in [-0.25, -0.2) is 4.98 Å². The Balaban J connectivity index is 1.17. The molecule has 4 aromatic rings. The van der Waals surface area contributed by atoms with Gasteiger partial charge < -0.3 is 29.7 Å². The number of carbonyl (C=O) groups excluding carboxylic acids is 1. The van der Waals surface area contributed by atoms with E-state index in [4.69, 9.17) is 9.72 Å². The number of anilines is 5. The normalized spacial score (nSPS) is 16.2. The predicted octanol–water partition coefficient (Wildman–Crippen LogP) is 4.91. The molecule has 0 spiro atoms. The Morgan fingerprint density at radius 2 is 1.72 bits per heavy atom. The highest BCUT2D eigenvalue weighted by atomic mass is 31.2. The molecule has 0 saturated carbocycles. The van der Waals surface area contributed by atoms with Gasteiger partial charge in [0, 0.05) is 82.1 Å². The zero-order valence-electron chi connectivity index (χ0n) is 28.2. The molecular formula is C34H44N9O3P. The number of hydrogen-bond donors (Lipinski definition) is 2. The first-order valence-electron chi connectivity index (χ1n) is 16.0. The molecule has 2 aliphatic rings. The topological polar surface area (TPSA) is 129 Å². The molecule has 0 atom stereocenters. The number of likely N-dealkylation sites (tertiary alicyclic amines) is 1. The molecule has 2 N–H and O–H groups in total. The quantitative estimate of drug-likeness (QED) is 0.238. The lowest BCUT2D eigenvalue weighted by atomic mass is 9.96. The van der Waals surface area contributed by atoms with Crippen LogP contribution in [0.1, 0.15) is 30.9 Å². The number of hydrogen-bond acceptors (Lipinski definition) is 11. The van der Waals surface area contributed by atoms with Crippen molar-refractivity contribution < 1.29 is 14.1 Å². The smallest absolute Gasteiger partial charge is 0.229 e. The van der Waals surface area contributed by atoms with E-state index in [-0.39, 0.29) is 5.91 Å². The molecule has 13 heteroatoms. The number of piperidine rings is 1. The van der Waals surface area contributed by atoms with Crippen molar-refractivity contribution in [3.63, 3.8) is 0 Å². The van der Waals surface area contributed by atoms with Gasteiger partial charge in [0.1, 0.15) is 24.2 Å². The Hall–Kier alpha value is -4.28. The first kappa shape index (κ1) is 32.7. The minimum atomic E-state index is -2.73.